The Morgan fingerprint density at radius 3 is 1.80 bits per heavy atom. The van der Waals surface area contributed by atoms with Crippen LogP contribution in [0.5, 0.6) is 11.5 Å². The number of hydrogen-bond donors (Lipinski definition) is 2. The standard InChI is InChI=1S/C30H47NO10/c1-11-30(9,10)27(34)37-19(6)16-31-23(26(32)33)14-22-12-13-24(40-28(35)38-20(7)17(2)3)25(15-22)41-29(36)39-21(8)18(4)5/h12-13,15,17-21,23,31H,11,14,16H2,1-10H3,(H,32,33)/t19?,20?,21?,23-/m0/s1. The molecule has 4 atom stereocenters. The molecule has 2 N–H and O–H groups in total. The van der Waals surface area contributed by atoms with E-state index in [0.29, 0.717) is 12.0 Å². The highest BCUT2D eigenvalue weighted by molar-refractivity contribution is 5.76. The van der Waals surface area contributed by atoms with Gasteiger partial charge in [0, 0.05) is 6.54 Å². The molecule has 0 fully saturated rings. The highest BCUT2D eigenvalue weighted by Gasteiger charge is 2.29. The summed E-state index contributed by atoms with van der Waals surface area (Å²) < 4.78 is 26.7. The quantitative estimate of drug-likeness (QED) is 0.148. The van der Waals surface area contributed by atoms with E-state index in [1.54, 1.807) is 40.7 Å². The Balaban J connectivity index is 3.10. The van der Waals surface area contributed by atoms with Crippen LogP contribution >= 0.6 is 0 Å². The van der Waals surface area contributed by atoms with E-state index in [4.69, 9.17) is 23.7 Å². The summed E-state index contributed by atoms with van der Waals surface area (Å²) in [6.07, 6.45) is -2.82. The second-order valence-electron chi connectivity index (χ2n) is 11.6. The number of carboxylic acids is 1. The first-order valence-electron chi connectivity index (χ1n) is 14.0. The summed E-state index contributed by atoms with van der Waals surface area (Å²) in [6, 6.07) is 3.29. The number of benzene rings is 1. The van der Waals surface area contributed by atoms with Gasteiger partial charge in [-0.1, -0.05) is 40.7 Å². The number of ether oxygens (including phenoxy) is 5. The normalized spacial score (nSPS) is 14.5. The van der Waals surface area contributed by atoms with E-state index in [-0.39, 0.29) is 42.3 Å². The van der Waals surface area contributed by atoms with Gasteiger partial charge in [0.05, 0.1) is 5.41 Å². The molecule has 1 aromatic rings. The Kier molecular flexibility index (Phi) is 14.1. The van der Waals surface area contributed by atoms with Crippen molar-refractivity contribution in [2.24, 2.45) is 17.3 Å². The molecule has 0 spiro atoms. The third-order valence-electron chi connectivity index (χ3n) is 6.97. The molecule has 1 aromatic carbocycles. The largest absolute Gasteiger partial charge is 0.514 e. The van der Waals surface area contributed by atoms with Crippen molar-refractivity contribution in [2.45, 2.75) is 106 Å². The number of carboxylic acid groups (broad SMARTS) is 1. The number of nitrogens with one attached hydrogen (secondary N) is 1. The molecule has 0 aromatic heterocycles. The third kappa shape index (κ3) is 12.4. The molecular weight excluding hydrogens is 534 g/mol. The number of aliphatic carboxylic acids is 1. The molecule has 0 bridgehead atoms. The maximum absolute atomic E-state index is 12.5. The minimum absolute atomic E-state index is 0.0145. The molecule has 0 radical (unpaired) electrons. The summed E-state index contributed by atoms with van der Waals surface area (Å²) in [6.45, 7) is 18.2. The van der Waals surface area contributed by atoms with Gasteiger partial charge >= 0.3 is 24.2 Å². The van der Waals surface area contributed by atoms with Crippen LogP contribution in [-0.2, 0) is 30.2 Å². The lowest BCUT2D eigenvalue weighted by atomic mass is 9.90. The van der Waals surface area contributed by atoms with Crippen molar-refractivity contribution in [2.75, 3.05) is 6.54 Å². The number of esters is 1. The van der Waals surface area contributed by atoms with Gasteiger partial charge in [0.15, 0.2) is 11.5 Å². The van der Waals surface area contributed by atoms with Crippen molar-refractivity contribution >= 4 is 24.2 Å². The monoisotopic (exact) mass is 581 g/mol. The maximum atomic E-state index is 12.5. The third-order valence-corrected chi connectivity index (χ3v) is 6.97. The van der Waals surface area contributed by atoms with Crippen molar-refractivity contribution in [3.63, 3.8) is 0 Å². The molecule has 0 heterocycles. The van der Waals surface area contributed by atoms with Crippen LogP contribution in [0.1, 0.15) is 81.2 Å². The van der Waals surface area contributed by atoms with Crippen LogP contribution in [0, 0.1) is 17.3 Å². The second kappa shape index (κ2) is 16.2. The topological polar surface area (TPSA) is 147 Å². The fourth-order valence-corrected chi connectivity index (χ4v) is 2.97. The predicted octanol–water partition coefficient (Wildman–Crippen LogP) is 5.76. The molecule has 11 nitrogen and oxygen atoms in total. The van der Waals surface area contributed by atoms with Gasteiger partial charge < -0.3 is 34.1 Å². The summed E-state index contributed by atoms with van der Waals surface area (Å²) in [4.78, 5) is 49.2. The molecule has 41 heavy (non-hydrogen) atoms. The second-order valence-corrected chi connectivity index (χ2v) is 11.6. The Hall–Kier alpha value is -3.34. The van der Waals surface area contributed by atoms with Gasteiger partial charge in [0.25, 0.3) is 0 Å². The zero-order chi connectivity index (χ0) is 31.5. The Labute approximate surface area is 243 Å². The van der Waals surface area contributed by atoms with Gasteiger partial charge in [-0.05, 0) is 77.0 Å². The lowest BCUT2D eigenvalue weighted by Crippen LogP contribution is -2.43. The van der Waals surface area contributed by atoms with Gasteiger partial charge in [0.2, 0.25) is 0 Å². The van der Waals surface area contributed by atoms with Gasteiger partial charge in [-0.25, -0.2) is 9.59 Å². The molecule has 0 aliphatic rings. The average molecular weight is 582 g/mol. The van der Waals surface area contributed by atoms with Crippen molar-refractivity contribution < 1.29 is 48.0 Å². The first-order valence-corrected chi connectivity index (χ1v) is 14.0. The minimum Gasteiger partial charge on any atom is -0.480 e. The number of carbonyl (C=O) groups excluding carboxylic acids is 3. The van der Waals surface area contributed by atoms with Crippen molar-refractivity contribution in [3.8, 4) is 11.5 Å². The van der Waals surface area contributed by atoms with Crippen LogP contribution in [-0.4, -0.2) is 60.3 Å². The zero-order valence-electron chi connectivity index (χ0n) is 25.9. The Bertz CT molecular complexity index is 1040. The molecular formula is C30H47NO10. The summed E-state index contributed by atoms with van der Waals surface area (Å²) in [5.41, 5.74) is -0.175. The Morgan fingerprint density at radius 2 is 1.34 bits per heavy atom. The molecule has 11 heteroatoms. The summed E-state index contributed by atoms with van der Waals surface area (Å²) in [5, 5.41) is 12.7. The fraction of sp³-hybridized carbons (Fsp3) is 0.667. The van der Waals surface area contributed by atoms with E-state index in [1.165, 1.54) is 12.1 Å². The van der Waals surface area contributed by atoms with Crippen LogP contribution in [0.25, 0.3) is 0 Å². The van der Waals surface area contributed by atoms with Crippen LogP contribution in [0.3, 0.4) is 0 Å². The molecule has 232 valence electrons. The summed E-state index contributed by atoms with van der Waals surface area (Å²) in [5.74, 6) is -1.63. The van der Waals surface area contributed by atoms with E-state index in [9.17, 15) is 24.3 Å². The first kappa shape index (κ1) is 35.7. The number of hydrogen-bond acceptors (Lipinski definition) is 10. The Morgan fingerprint density at radius 1 is 0.829 bits per heavy atom. The summed E-state index contributed by atoms with van der Waals surface area (Å²) >= 11 is 0. The fourth-order valence-electron chi connectivity index (χ4n) is 2.97. The van der Waals surface area contributed by atoms with Crippen molar-refractivity contribution in [1.29, 1.82) is 0 Å². The molecule has 0 saturated heterocycles. The average Bonchev–Trinajstić information content (AvgIpc) is 2.87. The van der Waals surface area contributed by atoms with E-state index in [1.807, 2.05) is 34.6 Å². The smallest absolute Gasteiger partial charge is 0.480 e. The summed E-state index contributed by atoms with van der Waals surface area (Å²) in [7, 11) is 0. The lowest BCUT2D eigenvalue weighted by Gasteiger charge is -2.24. The predicted molar refractivity (Wildman–Crippen MR) is 152 cm³/mol. The molecule has 1 rings (SSSR count). The maximum Gasteiger partial charge on any atom is 0.514 e. The highest BCUT2D eigenvalue weighted by atomic mass is 16.7. The van der Waals surface area contributed by atoms with Crippen LogP contribution in [0.4, 0.5) is 9.59 Å². The SMILES string of the molecule is CCC(C)(C)C(=O)OC(C)CN[C@@H](Cc1ccc(OC(=O)OC(C)C(C)C)c(OC(=O)OC(C)C(C)C)c1)C(=O)O. The van der Waals surface area contributed by atoms with E-state index < -0.39 is 48.0 Å². The van der Waals surface area contributed by atoms with E-state index in [2.05, 4.69) is 5.32 Å². The van der Waals surface area contributed by atoms with Crippen molar-refractivity contribution in [1.82, 2.24) is 5.32 Å². The molecule has 0 aliphatic heterocycles. The van der Waals surface area contributed by atoms with Crippen LogP contribution < -0.4 is 14.8 Å². The minimum atomic E-state index is -1.13. The lowest BCUT2D eigenvalue weighted by molar-refractivity contribution is -0.158. The number of rotatable bonds is 15. The van der Waals surface area contributed by atoms with Crippen molar-refractivity contribution in [3.05, 3.63) is 23.8 Å². The first-order chi connectivity index (χ1) is 19.0. The molecule has 0 aliphatic carbocycles. The van der Waals surface area contributed by atoms with E-state index in [0.717, 1.165) is 0 Å². The van der Waals surface area contributed by atoms with E-state index >= 15 is 0 Å². The van der Waals surface area contributed by atoms with Crippen LogP contribution in [0.15, 0.2) is 18.2 Å². The van der Waals surface area contributed by atoms with Gasteiger partial charge in [-0.2, -0.15) is 0 Å². The molecule has 0 saturated carbocycles. The van der Waals surface area contributed by atoms with Gasteiger partial charge in [-0.15, -0.1) is 0 Å². The van der Waals surface area contributed by atoms with Gasteiger partial charge in [0.1, 0.15) is 24.4 Å². The number of carbonyl (C=O) groups is 4. The zero-order valence-corrected chi connectivity index (χ0v) is 25.9. The van der Waals surface area contributed by atoms with Crippen LogP contribution in [0.2, 0.25) is 0 Å². The molecule has 3 unspecified atom stereocenters. The highest BCUT2D eigenvalue weighted by Crippen LogP contribution is 2.30. The van der Waals surface area contributed by atoms with Gasteiger partial charge in [-0.3, -0.25) is 9.59 Å². The molecule has 0 amide bonds.